The summed E-state index contributed by atoms with van der Waals surface area (Å²) in [4.78, 5) is 11.0. The van der Waals surface area contributed by atoms with Gasteiger partial charge >= 0.3 is 5.97 Å². The summed E-state index contributed by atoms with van der Waals surface area (Å²) in [6.45, 7) is 4.08. The van der Waals surface area contributed by atoms with E-state index in [1.54, 1.807) is 10.9 Å². The molecule has 1 aromatic rings. The second-order valence-corrected chi connectivity index (χ2v) is 3.60. The minimum atomic E-state index is -0.482. The number of rotatable bonds is 3. The van der Waals surface area contributed by atoms with Crippen LogP contribution in [0.4, 0.5) is 0 Å². The van der Waals surface area contributed by atoms with Crippen molar-refractivity contribution in [2.45, 2.75) is 25.5 Å². The normalized spacial score (nSPS) is 20.4. The van der Waals surface area contributed by atoms with Crippen LogP contribution in [0.15, 0.2) is 25.0 Å². The summed E-state index contributed by atoms with van der Waals surface area (Å²) < 4.78 is 12.2. The van der Waals surface area contributed by atoms with Crippen LogP contribution in [0.1, 0.15) is 25.5 Å². The molecule has 5 nitrogen and oxygen atoms in total. The third kappa shape index (κ3) is 2.49. The summed E-state index contributed by atoms with van der Waals surface area (Å²) in [5.41, 5.74) is 0. The van der Waals surface area contributed by atoms with Crippen LogP contribution < -0.4 is 4.74 Å². The summed E-state index contributed by atoms with van der Waals surface area (Å²) in [7, 11) is 0. The Balaban J connectivity index is 2.00. The Hall–Kier alpha value is -1.62. The molecule has 0 bridgehead atoms. The van der Waals surface area contributed by atoms with Gasteiger partial charge in [0, 0.05) is 12.7 Å². The molecule has 0 aromatic carbocycles. The van der Waals surface area contributed by atoms with Gasteiger partial charge in [-0.25, -0.2) is 9.48 Å². The topological polar surface area (TPSA) is 53.3 Å². The summed E-state index contributed by atoms with van der Waals surface area (Å²) in [6.07, 6.45) is 7.41. The third-order valence-corrected chi connectivity index (χ3v) is 2.41. The Morgan fingerprint density at radius 3 is 3.25 bits per heavy atom. The second kappa shape index (κ2) is 4.94. The molecule has 86 valence electrons. The van der Waals surface area contributed by atoms with E-state index >= 15 is 0 Å². The van der Waals surface area contributed by atoms with E-state index in [4.69, 9.17) is 9.47 Å². The summed E-state index contributed by atoms with van der Waals surface area (Å²) in [6, 6.07) is 0. The maximum atomic E-state index is 11.0. The number of nitrogens with zero attached hydrogens (tertiary/aromatic N) is 2. The first-order valence-corrected chi connectivity index (χ1v) is 5.29. The minimum absolute atomic E-state index is 0.0371. The molecule has 0 aliphatic carbocycles. The van der Waals surface area contributed by atoms with Gasteiger partial charge in [0.15, 0.2) is 5.75 Å². The molecule has 0 N–H and O–H groups in total. The average Bonchev–Trinajstić information content (AvgIpc) is 2.78. The smallest absolute Gasteiger partial charge is 0.335 e. The lowest BCUT2D eigenvalue weighted by atomic mass is 10.2. The van der Waals surface area contributed by atoms with Gasteiger partial charge < -0.3 is 9.47 Å². The fourth-order valence-electron chi connectivity index (χ4n) is 1.62. The molecule has 2 heterocycles. The molecule has 1 aliphatic rings. The number of aromatic nitrogens is 2. The van der Waals surface area contributed by atoms with Crippen molar-refractivity contribution in [2.75, 3.05) is 6.61 Å². The van der Waals surface area contributed by atoms with Crippen molar-refractivity contribution in [2.24, 2.45) is 0 Å². The number of ether oxygens (including phenoxy) is 2. The highest BCUT2D eigenvalue weighted by Gasteiger charge is 2.17. The SMILES string of the molecule is C=CC(=O)Oc1cnn(C2CCCCO2)c1. The quantitative estimate of drug-likeness (QED) is 0.576. The highest BCUT2D eigenvalue weighted by molar-refractivity contribution is 5.83. The zero-order valence-electron chi connectivity index (χ0n) is 8.96. The predicted octanol–water partition coefficient (Wildman–Crippen LogP) is 1.67. The highest BCUT2D eigenvalue weighted by atomic mass is 16.5. The summed E-state index contributed by atoms with van der Waals surface area (Å²) in [5, 5.41) is 4.11. The number of esters is 1. The van der Waals surface area contributed by atoms with Crippen LogP contribution in [0.3, 0.4) is 0 Å². The molecule has 0 amide bonds. The van der Waals surface area contributed by atoms with Crippen LogP contribution in [0, 0.1) is 0 Å². The third-order valence-electron chi connectivity index (χ3n) is 2.41. The molecule has 1 aliphatic heterocycles. The van der Waals surface area contributed by atoms with Crippen LogP contribution in [0.5, 0.6) is 5.75 Å². The molecular formula is C11H14N2O3. The van der Waals surface area contributed by atoms with Crippen molar-refractivity contribution < 1.29 is 14.3 Å². The summed E-state index contributed by atoms with van der Waals surface area (Å²) in [5.74, 6) is -0.0665. The molecule has 1 atom stereocenters. The largest absolute Gasteiger partial charge is 0.420 e. The van der Waals surface area contributed by atoms with Crippen molar-refractivity contribution in [1.82, 2.24) is 9.78 Å². The van der Waals surface area contributed by atoms with Gasteiger partial charge in [0.25, 0.3) is 0 Å². The molecule has 1 fully saturated rings. The number of carbonyl (C=O) groups is 1. The summed E-state index contributed by atoms with van der Waals surface area (Å²) >= 11 is 0. The molecule has 2 rings (SSSR count). The molecule has 0 radical (unpaired) electrons. The number of carbonyl (C=O) groups excluding carboxylic acids is 1. The number of hydrogen-bond donors (Lipinski definition) is 0. The molecule has 1 aromatic heterocycles. The Bertz CT molecular complexity index is 380. The van der Waals surface area contributed by atoms with Gasteiger partial charge in [0.2, 0.25) is 0 Å². The Morgan fingerprint density at radius 1 is 1.69 bits per heavy atom. The van der Waals surface area contributed by atoms with E-state index in [0.29, 0.717) is 5.75 Å². The van der Waals surface area contributed by atoms with Crippen LogP contribution in [-0.2, 0) is 9.53 Å². The van der Waals surface area contributed by atoms with Gasteiger partial charge in [-0.15, -0.1) is 0 Å². The van der Waals surface area contributed by atoms with Crippen molar-refractivity contribution in [1.29, 1.82) is 0 Å². The van der Waals surface area contributed by atoms with E-state index in [2.05, 4.69) is 11.7 Å². The molecule has 1 unspecified atom stereocenters. The van der Waals surface area contributed by atoms with Crippen LogP contribution in [0.2, 0.25) is 0 Å². The van der Waals surface area contributed by atoms with Gasteiger partial charge in [-0.3, -0.25) is 0 Å². The van der Waals surface area contributed by atoms with Crippen LogP contribution >= 0.6 is 0 Å². The number of hydrogen-bond acceptors (Lipinski definition) is 4. The Morgan fingerprint density at radius 2 is 2.56 bits per heavy atom. The monoisotopic (exact) mass is 222 g/mol. The highest BCUT2D eigenvalue weighted by Crippen LogP contribution is 2.23. The zero-order chi connectivity index (χ0) is 11.4. The van der Waals surface area contributed by atoms with Gasteiger partial charge in [-0.05, 0) is 19.3 Å². The van der Waals surface area contributed by atoms with E-state index in [-0.39, 0.29) is 6.23 Å². The van der Waals surface area contributed by atoms with Crippen molar-refractivity contribution in [3.63, 3.8) is 0 Å². The Kier molecular flexibility index (Phi) is 3.36. The van der Waals surface area contributed by atoms with E-state index in [1.807, 2.05) is 0 Å². The maximum absolute atomic E-state index is 11.0. The van der Waals surface area contributed by atoms with E-state index in [9.17, 15) is 4.79 Å². The molecule has 1 saturated heterocycles. The Labute approximate surface area is 93.7 Å². The van der Waals surface area contributed by atoms with Crippen LogP contribution in [0.25, 0.3) is 0 Å². The van der Waals surface area contributed by atoms with E-state index < -0.39 is 5.97 Å². The molecule has 16 heavy (non-hydrogen) atoms. The van der Waals surface area contributed by atoms with Crippen molar-refractivity contribution >= 4 is 5.97 Å². The lowest BCUT2D eigenvalue weighted by Crippen LogP contribution is -2.18. The molecule has 0 saturated carbocycles. The lowest BCUT2D eigenvalue weighted by molar-refractivity contribution is -0.129. The molecule has 0 spiro atoms. The van der Waals surface area contributed by atoms with Gasteiger partial charge in [-0.1, -0.05) is 6.58 Å². The van der Waals surface area contributed by atoms with E-state index in [1.165, 1.54) is 6.20 Å². The predicted molar refractivity (Wildman–Crippen MR) is 56.9 cm³/mol. The average molecular weight is 222 g/mol. The second-order valence-electron chi connectivity index (χ2n) is 3.60. The lowest BCUT2D eigenvalue weighted by Gasteiger charge is -2.22. The van der Waals surface area contributed by atoms with Crippen molar-refractivity contribution in [3.8, 4) is 5.75 Å². The fourth-order valence-corrected chi connectivity index (χ4v) is 1.62. The first kappa shape index (κ1) is 10.9. The fraction of sp³-hybridized carbons (Fsp3) is 0.455. The van der Waals surface area contributed by atoms with Crippen LogP contribution in [-0.4, -0.2) is 22.4 Å². The maximum Gasteiger partial charge on any atom is 0.335 e. The van der Waals surface area contributed by atoms with E-state index in [0.717, 1.165) is 31.9 Å². The van der Waals surface area contributed by atoms with Gasteiger partial charge in [0.05, 0.1) is 12.4 Å². The molecule has 5 heteroatoms. The van der Waals surface area contributed by atoms with Gasteiger partial charge in [-0.2, -0.15) is 5.10 Å². The zero-order valence-corrected chi connectivity index (χ0v) is 8.96. The van der Waals surface area contributed by atoms with Crippen molar-refractivity contribution in [3.05, 3.63) is 25.0 Å². The molecular weight excluding hydrogens is 208 g/mol. The first-order valence-electron chi connectivity index (χ1n) is 5.29. The standard InChI is InChI=1S/C11H14N2O3/c1-2-11(14)16-9-7-12-13(8-9)10-5-3-4-6-15-10/h2,7-8,10H,1,3-6H2. The minimum Gasteiger partial charge on any atom is -0.420 e. The van der Waals surface area contributed by atoms with Gasteiger partial charge in [0.1, 0.15) is 6.23 Å². The first-order chi connectivity index (χ1) is 7.79.